The molecule has 0 radical (unpaired) electrons. The molecule has 1 N–H and O–H groups in total. The lowest BCUT2D eigenvalue weighted by Crippen LogP contribution is -2.41. The molecule has 2 atom stereocenters. The minimum absolute atomic E-state index is 0.327. The largest absolute Gasteiger partial charge is 0.352 e. The van der Waals surface area contributed by atoms with E-state index in [1.165, 1.54) is 23.9 Å². The molecule has 1 saturated heterocycles. The number of aromatic nitrogens is 2. The number of hydrogen-bond donors (Lipinski definition) is 1. The van der Waals surface area contributed by atoms with Crippen LogP contribution in [0.15, 0.2) is 36.0 Å². The fourth-order valence-corrected chi connectivity index (χ4v) is 6.31. The molecule has 1 fully saturated rings. The number of thiazole rings is 1. The Balaban J connectivity index is 1.52. The van der Waals surface area contributed by atoms with Crippen molar-refractivity contribution in [3.8, 4) is 0 Å². The summed E-state index contributed by atoms with van der Waals surface area (Å²) in [5, 5.41) is 4.16. The first-order valence-corrected chi connectivity index (χ1v) is 11.8. The molecule has 4 aromatic rings. The molecule has 1 aliphatic heterocycles. The highest BCUT2D eigenvalue weighted by Gasteiger charge is 2.30. The monoisotopic (exact) mass is 426 g/mol. The van der Waals surface area contributed by atoms with Gasteiger partial charge in [0.2, 0.25) is 0 Å². The van der Waals surface area contributed by atoms with Gasteiger partial charge in [0.15, 0.2) is 5.82 Å². The van der Waals surface area contributed by atoms with Crippen LogP contribution in [0.4, 0.5) is 15.8 Å². The minimum Gasteiger partial charge on any atom is -0.352 e. The third-order valence-corrected chi connectivity index (χ3v) is 8.01. The van der Waals surface area contributed by atoms with Gasteiger partial charge in [-0.15, -0.1) is 22.7 Å². The maximum Gasteiger partial charge on any atom is 0.165 e. The van der Waals surface area contributed by atoms with Crippen molar-refractivity contribution in [2.24, 2.45) is 0 Å². The van der Waals surface area contributed by atoms with Crippen molar-refractivity contribution in [3.63, 3.8) is 0 Å². The lowest BCUT2D eigenvalue weighted by atomic mass is 9.89. The van der Waals surface area contributed by atoms with Gasteiger partial charge in [-0.25, -0.2) is 14.4 Å². The Morgan fingerprint density at radius 2 is 2.17 bits per heavy atom. The number of likely N-dealkylation sites (tertiary alicyclic amines) is 1. The SMILES string of the molecule is CCN1CCCC(c2cc3c(Nc4ccc5scnc5c4)c(F)cnc3s2)C1C. The molecule has 3 aromatic heterocycles. The smallest absolute Gasteiger partial charge is 0.165 e. The summed E-state index contributed by atoms with van der Waals surface area (Å²) in [6, 6.07) is 8.61. The highest BCUT2D eigenvalue weighted by Crippen LogP contribution is 2.41. The quantitative estimate of drug-likeness (QED) is 0.411. The second-order valence-corrected chi connectivity index (χ2v) is 9.58. The average Bonchev–Trinajstić information content (AvgIpc) is 3.37. The van der Waals surface area contributed by atoms with Crippen LogP contribution in [0.2, 0.25) is 0 Å². The summed E-state index contributed by atoms with van der Waals surface area (Å²) in [5.74, 6) is 0.150. The van der Waals surface area contributed by atoms with E-state index >= 15 is 0 Å². The Hall–Kier alpha value is -2.09. The van der Waals surface area contributed by atoms with E-state index in [-0.39, 0.29) is 5.82 Å². The van der Waals surface area contributed by atoms with E-state index in [4.69, 9.17) is 0 Å². The third kappa shape index (κ3) is 3.41. The number of nitrogens with one attached hydrogen (secondary N) is 1. The summed E-state index contributed by atoms with van der Waals surface area (Å²) in [6.07, 6.45) is 3.71. The molecule has 0 amide bonds. The Labute approximate surface area is 177 Å². The van der Waals surface area contributed by atoms with E-state index in [0.29, 0.717) is 17.6 Å². The Morgan fingerprint density at radius 1 is 1.28 bits per heavy atom. The van der Waals surface area contributed by atoms with Crippen molar-refractivity contribution >= 4 is 54.5 Å². The normalized spacial score (nSPS) is 20.5. The van der Waals surface area contributed by atoms with Crippen LogP contribution >= 0.6 is 22.7 Å². The fraction of sp³-hybridized carbons (Fsp3) is 0.364. The number of anilines is 2. The van der Waals surface area contributed by atoms with Gasteiger partial charge in [0.25, 0.3) is 0 Å². The molecule has 1 aromatic carbocycles. The zero-order valence-corrected chi connectivity index (χ0v) is 18.1. The topological polar surface area (TPSA) is 41.0 Å². The molecule has 150 valence electrons. The molecule has 0 saturated carbocycles. The first kappa shape index (κ1) is 18.9. The molecule has 0 bridgehead atoms. The van der Waals surface area contributed by atoms with E-state index in [0.717, 1.165) is 39.2 Å². The molecule has 1 aliphatic rings. The summed E-state index contributed by atoms with van der Waals surface area (Å²) in [4.78, 5) is 13.5. The van der Waals surface area contributed by atoms with E-state index < -0.39 is 0 Å². The number of pyridine rings is 1. The van der Waals surface area contributed by atoms with Crippen molar-refractivity contribution < 1.29 is 4.39 Å². The van der Waals surface area contributed by atoms with Gasteiger partial charge in [-0.05, 0) is 57.1 Å². The molecule has 7 heteroatoms. The van der Waals surface area contributed by atoms with E-state index in [1.807, 2.05) is 23.7 Å². The Morgan fingerprint density at radius 3 is 3.03 bits per heavy atom. The van der Waals surface area contributed by atoms with Crippen LogP contribution in [0, 0.1) is 5.82 Å². The highest BCUT2D eigenvalue weighted by atomic mass is 32.1. The van der Waals surface area contributed by atoms with Crippen molar-refractivity contribution in [2.75, 3.05) is 18.4 Å². The number of likely N-dealkylation sites (N-methyl/N-ethyl adjacent to an activating group) is 1. The molecule has 4 nitrogen and oxygen atoms in total. The summed E-state index contributed by atoms with van der Waals surface area (Å²) in [5.41, 5.74) is 4.09. The lowest BCUT2D eigenvalue weighted by Gasteiger charge is -2.38. The summed E-state index contributed by atoms with van der Waals surface area (Å²) in [7, 11) is 0. The second-order valence-electron chi connectivity index (χ2n) is 7.63. The number of hydrogen-bond acceptors (Lipinski definition) is 6. The van der Waals surface area contributed by atoms with Gasteiger partial charge < -0.3 is 10.2 Å². The molecule has 0 spiro atoms. The van der Waals surface area contributed by atoms with Gasteiger partial charge in [0, 0.05) is 27.9 Å². The zero-order chi connectivity index (χ0) is 20.0. The van der Waals surface area contributed by atoms with E-state index in [2.05, 4.69) is 40.1 Å². The Bertz CT molecular complexity index is 1170. The van der Waals surface area contributed by atoms with Gasteiger partial charge in [-0.2, -0.15) is 0 Å². The van der Waals surface area contributed by atoms with Crippen LogP contribution in [0.5, 0.6) is 0 Å². The lowest BCUT2D eigenvalue weighted by molar-refractivity contribution is 0.148. The van der Waals surface area contributed by atoms with Gasteiger partial charge in [-0.1, -0.05) is 6.92 Å². The van der Waals surface area contributed by atoms with Gasteiger partial charge in [0.05, 0.1) is 27.6 Å². The number of nitrogens with zero attached hydrogens (tertiary/aromatic N) is 3. The van der Waals surface area contributed by atoms with Crippen LogP contribution < -0.4 is 5.32 Å². The summed E-state index contributed by atoms with van der Waals surface area (Å²) in [6.45, 7) is 6.77. The predicted molar refractivity (Wildman–Crippen MR) is 121 cm³/mol. The first-order chi connectivity index (χ1) is 14.1. The number of thiophene rings is 1. The maximum atomic E-state index is 14.8. The average molecular weight is 427 g/mol. The fourth-order valence-electron chi connectivity index (χ4n) is 4.41. The third-order valence-electron chi connectivity index (χ3n) is 6.02. The van der Waals surface area contributed by atoms with Crippen LogP contribution in [0.25, 0.3) is 20.4 Å². The Kier molecular flexibility index (Phi) is 4.97. The van der Waals surface area contributed by atoms with Gasteiger partial charge >= 0.3 is 0 Å². The van der Waals surface area contributed by atoms with Crippen molar-refractivity contribution in [3.05, 3.63) is 46.7 Å². The summed E-state index contributed by atoms with van der Waals surface area (Å²) < 4.78 is 15.9. The molecule has 29 heavy (non-hydrogen) atoms. The molecular weight excluding hydrogens is 403 g/mol. The molecular formula is C22H23FN4S2. The molecule has 2 unspecified atom stereocenters. The number of halogens is 1. The second kappa shape index (κ2) is 7.63. The number of rotatable bonds is 4. The maximum absolute atomic E-state index is 14.8. The van der Waals surface area contributed by atoms with Crippen molar-refractivity contribution in [1.82, 2.24) is 14.9 Å². The minimum atomic E-state index is -0.327. The van der Waals surface area contributed by atoms with Crippen LogP contribution in [-0.4, -0.2) is 34.0 Å². The van der Waals surface area contributed by atoms with E-state index in [1.54, 1.807) is 22.7 Å². The number of piperidine rings is 1. The van der Waals surface area contributed by atoms with Crippen LogP contribution in [-0.2, 0) is 0 Å². The van der Waals surface area contributed by atoms with Gasteiger partial charge in [0.1, 0.15) is 4.83 Å². The highest BCUT2D eigenvalue weighted by molar-refractivity contribution is 7.18. The number of fused-ring (bicyclic) bond motifs is 2. The molecule has 0 aliphatic carbocycles. The van der Waals surface area contributed by atoms with Gasteiger partial charge in [-0.3, -0.25) is 0 Å². The van der Waals surface area contributed by atoms with Crippen LogP contribution in [0.1, 0.15) is 37.5 Å². The number of benzene rings is 1. The first-order valence-electron chi connectivity index (χ1n) is 10.1. The van der Waals surface area contributed by atoms with E-state index in [9.17, 15) is 4.39 Å². The van der Waals surface area contributed by atoms with Crippen molar-refractivity contribution in [1.29, 1.82) is 0 Å². The van der Waals surface area contributed by atoms with Crippen molar-refractivity contribution in [2.45, 2.75) is 38.6 Å². The van der Waals surface area contributed by atoms with Crippen LogP contribution in [0.3, 0.4) is 0 Å². The zero-order valence-electron chi connectivity index (χ0n) is 16.5. The standard InChI is InChI=1S/C22H23FN4S2/c1-3-27-8-4-5-15(13(27)2)20-10-16-21(17(23)11-24-22(16)29-20)26-14-6-7-19-18(9-14)25-12-28-19/h6-7,9-13,15H,3-5,8H2,1-2H3,(H,24,26). The predicted octanol–water partition coefficient (Wildman–Crippen LogP) is 6.38. The molecule has 4 heterocycles. The summed E-state index contributed by atoms with van der Waals surface area (Å²) >= 11 is 3.31. The molecule has 5 rings (SSSR count).